The second-order valence-electron chi connectivity index (χ2n) is 7.58. The number of aliphatic hydroxyl groups excluding tert-OH is 1. The molecule has 10 nitrogen and oxygen atoms in total. The predicted octanol–water partition coefficient (Wildman–Crippen LogP) is -0.639. The first-order valence-corrected chi connectivity index (χ1v) is 10.9. The summed E-state index contributed by atoms with van der Waals surface area (Å²) >= 11 is 0. The fourth-order valence-corrected chi connectivity index (χ4v) is 2.99. The Labute approximate surface area is 208 Å². The largest absolute Gasteiger partial charge is 0.388 e. The molecule has 0 aliphatic rings. The van der Waals surface area contributed by atoms with E-state index in [1.807, 2.05) is 0 Å². The second-order valence-corrected chi connectivity index (χ2v) is 7.58. The fraction of sp³-hybridized carbons (Fsp3) is 0.231. The van der Waals surface area contributed by atoms with E-state index in [1.165, 1.54) is 5.48 Å². The van der Waals surface area contributed by atoms with Crippen molar-refractivity contribution in [3.05, 3.63) is 70.8 Å². The molecular weight excluding hydrogens is 464 g/mol. The lowest BCUT2D eigenvalue weighted by Crippen LogP contribution is -2.46. The Morgan fingerprint density at radius 1 is 0.833 bits per heavy atom. The highest BCUT2D eigenvalue weighted by Gasteiger charge is 2.21. The molecule has 0 radical (unpaired) electrons. The van der Waals surface area contributed by atoms with Gasteiger partial charge in [-0.2, -0.15) is 0 Å². The molecule has 0 aliphatic heterocycles. The number of nitrogens with two attached hydrogens (primary N) is 2. The van der Waals surface area contributed by atoms with Gasteiger partial charge >= 0.3 is 0 Å². The zero-order valence-electron chi connectivity index (χ0n) is 19.3. The average Bonchev–Trinajstić information content (AvgIpc) is 2.92. The molecule has 0 saturated heterocycles. The monoisotopic (exact) mass is 490 g/mol. The van der Waals surface area contributed by atoms with Gasteiger partial charge in [0.05, 0.1) is 5.92 Å². The van der Waals surface area contributed by atoms with Gasteiger partial charge in [-0.1, -0.05) is 24.0 Å². The number of amides is 2. The van der Waals surface area contributed by atoms with Gasteiger partial charge in [-0.05, 0) is 48.2 Å². The molecule has 0 spiro atoms. The van der Waals surface area contributed by atoms with Crippen LogP contribution in [-0.4, -0.2) is 59.4 Å². The van der Waals surface area contributed by atoms with Crippen LogP contribution in [0.5, 0.6) is 0 Å². The lowest BCUT2D eigenvalue weighted by atomic mass is 9.97. The Morgan fingerprint density at radius 3 is 1.81 bits per heavy atom. The van der Waals surface area contributed by atoms with Crippen LogP contribution in [0.4, 0.5) is 0 Å². The summed E-state index contributed by atoms with van der Waals surface area (Å²) in [4.78, 5) is 47.5. The standard InChI is InChI=1S/C26H26N4O6/c27-14-21(26(35)30-36)13-23(32)19-9-5-17(6-10-19)3-1-2-4-18-7-11-20(12-8-18)25(34)29-22(15-28)24(33)16-31/h5-12,21-22,31,36H,13-16,27-28H2,(H,29,34)(H,30,35)/t21-,22-/m0/s1. The van der Waals surface area contributed by atoms with E-state index in [4.69, 9.17) is 21.8 Å². The highest BCUT2D eigenvalue weighted by Crippen LogP contribution is 2.11. The van der Waals surface area contributed by atoms with E-state index in [2.05, 4.69) is 29.0 Å². The molecule has 2 rings (SSSR count). The molecule has 0 aliphatic carbocycles. The molecule has 0 unspecified atom stereocenters. The molecule has 10 heteroatoms. The first kappa shape index (κ1) is 27.9. The van der Waals surface area contributed by atoms with E-state index >= 15 is 0 Å². The maximum absolute atomic E-state index is 12.3. The number of hydrogen-bond acceptors (Lipinski definition) is 8. The number of carbonyl (C=O) groups excluding carboxylic acids is 4. The third-order valence-electron chi connectivity index (χ3n) is 5.11. The molecule has 0 heterocycles. The van der Waals surface area contributed by atoms with Crippen LogP contribution in [0, 0.1) is 29.6 Å². The number of ketones is 2. The molecule has 186 valence electrons. The third-order valence-corrected chi connectivity index (χ3v) is 5.11. The second kappa shape index (κ2) is 14.2. The van der Waals surface area contributed by atoms with Gasteiger partial charge in [-0.3, -0.25) is 24.4 Å². The van der Waals surface area contributed by atoms with Crippen LogP contribution in [0.2, 0.25) is 0 Å². The maximum Gasteiger partial charge on any atom is 0.251 e. The molecule has 36 heavy (non-hydrogen) atoms. The first-order valence-electron chi connectivity index (χ1n) is 10.9. The van der Waals surface area contributed by atoms with E-state index in [-0.39, 0.29) is 25.3 Å². The quantitative estimate of drug-likeness (QED) is 0.110. The minimum atomic E-state index is -0.958. The van der Waals surface area contributed by atoms with Gasteiger partial charge in [0.1, 0.15) is 12.6 Å². The van der Waals surface area contributed by atoms with Crippen molar-refractivity contribution < 1.29 is 29.5 Å². The van der Waals surface area contributed by atoms with Crippen LogP contribution >= 0.6 is 0 Å². The summed E-state index contributed by atoms with van der Waals surface area (Å²) < 4.78 is 0. The van der Waals surface area contributed by atoms with Crippen LogP contribution in [0.25, 0.3) is 0 Å². The molecule has 0 aromatic heterocycles. The van der Waals surface area contributed by atoms with Gasteiger partial charge in [0.2, 0.25) is 5.91 Å². The molecule has 2 amide bonds. The van der Waals surface area contributed by atoms with Crippen molar-refractivity contribution in [2.75, 3.05) is 19.7 Å². The predicted molar refractivity (Wildman–Crippen MR) is 130 cm³/mol. The van der Waals surface area contributed by atoms with Gasteiger partial charge in [-0.15, -0.1) is 0 Å². The summed E-state index contributed by atoms with van der Waals surface area (Å²) in [5, 5.41) is 20.1. The Morgan fingerprint density at radius 2 is 1.36 bits per heavy atom. The Hall–Kier alpha value is -4.32. The van der Waals surface area contributed by atoms with Crippen molar-refractivity contribution in [1.29, 1.82) is 0 Å². The lowest BCUT2D eigenvalue weighted by molar-refractivity contribution is -0.133. The number of carbonyl (C=O) groups is 4. The van der Waals surface area contributed by atoms with E-state index in [9.17, 15) is 19.2 Å². The summed E-state index contributed by atoms with van der Waals surface area (Å²) in [5.41, 5.74) is 14.4. The van der Waals surface area contributed by atoms with E-state index in [0.717, 1.165) is 0 Å². The number of hydroxylamine groups is 1. The normalized spacial score (nSPS) is 11.6. The molecule has 2 atom stereocenters. The van der Waals surface area contributed by atoms with Crippen LogP contribution < -0.4 is 22.3 Å². The van der Waals surface area contributed by atoms with Crippen molar-refractivity contribution in [3.8, 4) is 23.7 Å². The Bertz CT molecular complexity index is 1120. The number of nitrogens with one attached hydrogen (secondary N) is 2. The van der Waals surface area contributed by atoms with E-state index < -0.39 is 36.2 Å². The molecule has 0 fully saturated rings. The fourth-order valence-electron chi connectivity index (χ4n) is 2.99. The topological polar surface area (TPSA) is 185 Å². The summed E-state index contributed by atoms with van der Waals surface area (Å²) in [6.07, 6.45) is -0.131. The van der Waals surface area contributed by atoms with Crippen LogP contribution in [0.15, 0.2) is 48.5 Å². The molecular formula is C26H26N4O6. The molecule has 8 N–H and O–H groups in total. The van der Waals surface area contributed by atoms with Crippen molar-refractivity contribution in [1.82, 2.24) is 10.8 Å². The maximum atomic E-state index is 12.3. The summed E-state index contributed by atoms with van der Waals surface area (Å²) in [6, 6.07) is 11.8. The molecule has 2 aromatic carbocycles. The number of benzene rings is 2. The van der Waals surface area contributed by atoms with Crippen molar-refractivity contribution in [2.24, 2.45) is 17.4 Å². The van der Waals surface area contributed by atoms with Gasteiger partial charge in [0.15, 0.2) is 11.6 Å². The van der Waals surface area contributed by atoms with Crippen molar-refractivity contribution in [2.45, 2.75) is 12.5 Å². The number of rotatable bonds is 10. The minimum absolute atomic E-state index is 0.0727. The van der Waals surface area contributed by atoms with Crippen molar-refractivity contribution >= 4 is 23.4 Å². The Balaban J connectivity index is 1.97. The zero-order chi connectivity index (χ0) is 26.5. The van der Waals surface area contributed by atoms with Crippen LogP contribution in [0.3, 0.4) is 0 Å². The zero-order valence-corrected chi connectivity index (χ0v) is 19.3. The van der Waals surface area contributed by atoms with Gasteiger partial charge in [0.25, 0.3) is 5.91 Å². The minimum Gasteiger partial charge on any atom is -0.388 e. The molecule has 2 aromatic rings. The number of hydrogen-bond donors (Lipinski definition) is 6. The van der Waals surface area contributed by atoms with Gasteiger partial charge in [0, 0.05) is 41.8 Å². The first-order chi connectivity index (χ1) is 17.3. The highest BCUT2D eigenvalue weighted by atomic mass is 16.5. The molecule has 0 bridgehead atoms. The highest BCUT2D eigenvalue weighted by molar-refractivity contribution is 5.99. The Kier molecular flexibility index (Phi) is 11.0. The number of aliphatic hydroxyl groups is 1. The molecule has 0 saturated carbocycles. The third kappa shape index (κ3) is 8.17. The summed E-state index contributed by atoms with van der Waals surface area (Å²) in [5.74, 6) is 8.23. The summed E-state index contributed by atoms with van der Waals surface area (Å²) in [7, 11) is 0. The smallest absolute Gasteiger partial charge is 0.251 e. The van der Waals surface area contributed by atoms with E-state index in [0.29, 0.717) is 22.3 Å². The lowest BCUT2D eigenvalue weighted by Gasteiger charge is -2.14. The van der Waals surface area contributed by atoms with Crippen LogP contribution in [0.1, 0.15) is 38.3 Å². The van der Waals surface area contributed by atoms with Gasteiger partial charge in [-0.25, -0.2) is 5.48 Å². The number of Topliss-reactive ketones (excluding diaryl/α,β-unsaturated/α-hetero) is 2. The summed E-state index contributed by atoms with van der Waals surface area (Å²) in [6.45, 7) is -0.901. The van der Waals surface area contributed by atoms with Crippen molar-refractivity contribution in [3.63, 3.8) is 0 Å². The average molecular weight is 491 g/mol. The SMILES string of the molecule is NC[C@H](CC(=O)c1ccc(C#CC#Cc2ccc(C(=O)N[C@@H](CN)C(=O)CO)cc2)cc1)C(=O)NO. The van der Waals surface area contributed by atoms with E-state index in [1.54, 1.807) is 48.5 Å². The van der Waals surface area contributed by atoms with Gasteiger partial charge < -0.3 is 21.9 Å². The van der Waals surface area contributed by atoms with Crippen LogP contribution in [-0.2, 0) is 9.59 Å².